The van der Waals surface area contributed by atoms with Gasteiger partial charge in [0.15, 0.2) is 9.84 Å². The first-order valence-corrected chi connectivity index (χ1v) is 10.0. The number of carbonyl (C=O) groups is 1. The maximum absolute atomic E-state index is 12.7. The summed E-state index contributed by atoms with van der Waals surface area (Å²) >= 11 is 0. The van der Waals surface area contributed by atoms with E-state index in [-0.39, 0.29) is 43.3 Å². The van der Waals surface area contributed by atoms with Gasteiger partial charge in [0.25, 0.3) is 5.91 Å². The SMILES string of the molecule is Cc1occc1C(=O)N1CC2(C1)C(COc1ncccn1)CCS2(=O)=O. The highest BCUT2D eigenvalue weighted by molar-refractivity contribution is 7.93. The van der Waals surface area contributed by atoms with Crippen LogP contribution in [-0.2, 0) is 9.84 Å². The lowest BCUT2D eigenvalue weighted by Crippen LogP contribution is -2.69. The van der Waals surface area contributed by atoms with E-state index >= 15 is 0 Å². The second-order valence-corrected chi connectivity index (χ2v) is 9.21. The minimum absolute atomic E-state index is 0.115. The standard InChI is InChI=1S/C17H19N3O5S/c1-12-14(3-7-24-12)15(21)20-10-17(11-20)13(4-8-26(17,22)23)9-25-16-18-5-2-6-19-16/h2-3,5-7,13H,4,8-11H2,1H3. The lowest BCUT2D eigenvalue weighted by atomic mass is 9.83. The fourth-order valence-electron chi connectivity index (χ4n) is 3.76. The first kappa shape index (κ1) is 17.0. The molecule has 2 aliphatic heterocycles. The number of hydrogen-bond acceptors (Lipinski definition) is 7. The summed E-state index contributed by atoms with van der Waals surface area (Å²) < 4.78 is 35.2. The van der Waals surface area contributed by atoms with Crippen LogP contribution in [-0.4, -0.2) is 59.4 Å². The Hall–Kier alpha value is -2.42. The average Bonchev–Trinajstić information content (AvgIpc) is 3.12. The Morgan fingerprint density at radius 3 is 2.77 bits per heavy atom. The molecule has 1 unspecified atom stereocenters. The molecule has 2 saturated heterocycles. The second-order valence-electron chi connectivity index (χ2n) is 6.76. The van der Waals surface area contributed by atoms with Crippen LogP contribution in [0.3, 0.4) is 0 Å². The summed E-state index contributed by atoms with van der Waals surface area (Å²) in [5.74, 6) is 0.260. The van der Waals surface area contributed by atoms with Gasteiger partial charge in [-0.2, -0.15) is 0 Å². The van der Waals surface area contributed by atoms with Crippen LogP contribution < -0.4 is 4.74 Å². The molecular formula is C17H19N3O5S. The van der Waals surface area contributed by atoms with Gasteiger partial charge >= 0.3 is 6.01 Å². The van der Waals surface area contributed by atoms with Crippen LogP contribution in [0.25, 0.3) is 0 Å². The molecule has 2 aromatic rings. The van der Waals surface area contributed by atoms with Crippen LogP contribution >= 0.6 is 0 Å². The van der Waals surface area contributed by atoms with E-state index in [1.807, 2.05) is 0 Å². The first-order chi connectivity index (χ1) is 12.4. The third kappa shape index (κ3) is 2.57. The summed E-state index contributed by atoms with van der Waals surface area (Å²) in [6.07, 6.45) is 5.11. The fourth-order valence-corrected chi connectivity index (χ4v) is 6.16. The maximum Gasteiger partial charge on any atom is 0.316 e. The van der Waals surface area contributed by atoms with Crippen molar-refractivity contribution in [3.05, 3.63) is 42.1 Å². The zero-order chi connectivity index (χ0) is 18.4. The topological polar surface area (TPSA) is 103 Å². The van der Waals surface area contributed by atoms with Crippen LogP contribution in [0.2, 0.25) is 0 Å². The Morgan fingerprint density at radius 1 is 1.38 bits per heavy atom. The monoisotopic (exact) mass is 377 g/mol. The van der Waals surface area contributed by atoms with E-state index in [9.17, 15) is 13.2 Å². The lowest BCUT2D eigenvalue weighted by molar-refractivity contribution is 0.0402. The molecule has 138 valence electrons. The number of amides is 1. The van der Waals surface area contributed by atoms with Crippen LogP contribution in [0.5, 0.6) is 6.01 Å². The molecule has 0 N–H and O–H groups in total. The van der Waals surface area contributed by atoms with E-state index in [2.05, 4.69) is 9.97 Å². The van der Waals surface area contributed by atoms with Gasteiger partial charge in [0, 0.05) is 31.4 Å². The highest BCUT2D eigenvalue weighted by Gasteiger charge is 2.62. The number of nitrogens with zero attached hydrogens (tertiary/aromatic N) is 3. The second kappa shape index (κ2) is 6.08. The molecule has 0 bridgehead atoms. The average molecular weight is 377 g/mol. The minimum Gasteiger partial charge on any atom is -0.469 e. The van der Waals surface area contributed by atoms with Gasteiger partial charge in [-0.15, -0.1) is 0 Å². The normalized spacial score (nSPS) is 23.0. The number of carbonyl (C=O) groups excluding carboxylic acids is 1. The zero-order valence-corrected chi connectivity index (χ0v) is 15.1. The number of aromatic nitrogens is 2. The van der Waals surface area contributed by atoms with Crippen molar-refractivity contribution in [3.8, 4) is 6.01 Å². The van der Waals surface area contributed by atoms with E-state index < -0.39 is 14.6 Å². The molecule has 1 spiro atoms. The minimum atomic E-state index is -3.29. The Morgan fingerprint density at radius 2 is 2.12 bits per heavy atom. The number of likely N-dealkylation sites (tertiary alicyclic amines) is 1. The summed E-state index contributed by atoms with van der Waals surface area (Å²) in [5.41, 5.74) is 0.473. The third-order valence-corrected chi connectivity index (χ3v) is 7.95. The van der Waals surface area contributed by atoms with Crippen LogP contribution in [0, 0.1) is 12.8 Å². The van der Waals surface area contributed by atoms with Gasteiger partial charge in [-0.3, -0.25) is 4.79 Å². The largest absolute Gasteiger partial charge is 0.469 e. The summed E-state index contributed by atoms with van der Waals surface area (Å²) in [7, 11) is -3.29. The molecule has 2 aliphatic rings. The van der Waals surface area contributed by atoms with Crippen LogP contribution in [0.4, 0.5) is 0 Å². The maximum atomic E-state index is 12.7. The first-order valence-electron chi connectivity index (χ1n) is 8.38. The van der Waals surface area contributed by atoms with Crippen molar-refractivity contribution < 1.29 is 22.4 Å². The number of aryl methyl sites for hydroxylation is 1. The van der Waals surface area contributed by atoms with Crippen LogP contribution in [0.1, 0.15) is 22.5 Å². The molecule has 4 heterocycles. The molecule has 2 fully saturated rings. The molecule has 1 amide bonds. The summed E-state index contributed by atoms with van der Waals surface area (Å²) in [6, 6.07) is 3.52. The quantitative estimate of drug-likeness (QED) is 0.786. The van der Waals surface area contributed by atoms with Crippen LogP contribution in [0.15, 0.2) is 35.2 Å². The molecular weight excluding hydrogens is 358 g/mol. The molecule has 8 nitrogen and oxygen atoms in total. The Bertz CT molecular complexity index is 919. The van der Waals surface area contributed by atoms with Gasteiger partial charge in [0.05, 0.1) is 24.2 Å². The molecule has 0 aromatic carbocycles. The predicted molar refractivity (Wildman–Crippen MR) is 91.5 cm³/mol. The highest BCUT2D eigenvalue weighted by Crippen LogP contribution is 2.45. The van der Waals surface area contributed by atoms with Crippen molar-refractivity contribution in [2.45, 2.75) is 18.1 Å². The molecule has 1 atom stereocenters. The third-order valence-electron chi connectivity index (χ3n) is 5.35. The fraction of sp³-hybridized carbons (Fsp3) is 0.471. The van der Waals surface area contributed by atoms with Crippen molar-refractivity contribution >= 4 is 15.7 Å². The smallest absolute Gasteiger partial charge is 0.316 e. The van der Waals surface area contributed by atoms with Crippen molar-refractivity contribution in [2.24, 2.45) is 5.92 Å². The van der Waals surface area contributed by atoms with E-state index in [1.54, 1.807) is 36.4 Å². The van der Waals surface area contributed by atoms with Gasteiger partial charge in [0.1, 0.15) is 10.5 Å². The number of rotatable bonds is 4. The van der Waals surface area contributed by atoms with E-state index in [0.29, 0.717) is 17.7 Å². The molecule has 2 aromatic heterocycles. The summed E-state index contributed by atoms with van der Waals surface area (Å²) in [5, 5.41) is 0. The Balaban J connectivity index is 1.48. The molecule has 0 aliphatic carbocycles. The molecule has 9 heteroatoms. The van der Waals surface area contributed by atoms with Crippen molar-refractivity contribution in [1.82, 2.24) is 14.9 Å². The molecule has 0 radical (unpaired) electrons. The van der Waals surface area contributed by atoms with Crippen molar-refractivity contribution in [3.63, 3.8) is 0 Å². The summed E-state index contributed by atoms with van der Waals surface area (Å²) in [4.78, 5) is 22.1. The predicted octanol–water partition coefficient (Wildman–Crippen LogP) is 1.09. The van der Waals surface area contributed by atoms with Crippen molar-refractivity contribution in [2.75, 3.05) is 25.4 Å². The number of ether oxygens (including phenoxy) is 1. The number of sulfone groups is 1. The molecule has 26 heavy (non-hydrogen) atoms. The van der Waals surface area contributed by atoms with E-state index in [4.69, 9.17) is 9.15 Å². The van der Waals surface area contributed by atoms with Gasteiger partial charge in [-0.1, -0.05) is 0 Å². The van der Waals surface area contributed by atoms with E-state index in [1.165, 1.54) is 6.26 Å². The zero-order valence-electron chi connectivity index (χ0n) is 14.3. The van der Waals surface area contributed by atoms with Crippen molar-refractivity contribution in [1.29, 1.82) is 0 Å². The van der Waals surface area contributed by atoms with Gasteiger partial charge < -0.3 is 14.1 Å². The van der Waals surface area contributed by atoms with Gasteiger partial charge in [0.2, 0.25) is 0 Å². The lowest BCUT2D eigenvalue weighted by Gasteiger charge is -2.49. The van der Waals surface area contributed by atoms with E-state index in [0.717, 1.165) is 0 Å². The van der Waals surface area contributed by atoms with Gasteiger partial charge in [-0.05, 0) is 25.5 Å². The molecule has 4 rings (SSSR count). The van der Waals surface area contributed by atoms with Gasteiger partial charge in [-0.25, -0.2) is 18.4 Å². The Kier molecular flexibility index (Phi) is 3.98. The number of hydrogen-bond donors (Lipinski definition) is 0. The number of furan rings is 1. The highest BCUT2D eigenvalue weighted by atomic mass is 32.2. The molecule has 0 saturated carbocycles. The Labute approximate surface area is 151 Å². The summed E-state index contributed by atoms with van der Waals surface area (Å²) in [6.45, 7) is 2.30.